The van der Waals surface area contributed by atoms with E-state index < -0.39 is 0 Å². The van der Waals surface area contributed by atoms with E-state index in [4.69, 9.17) is 8.83 Å². The lowest BCUT2D eigenvalue weighted by atomic mass is 9.89. The van der Waals surface area contributed by atoms with Gasteiger partial charge in [-0.3, -0.25) is 0 Å². The first-order valence-corrected chi connectivity index (χ1v) is 13.2. The molecule has 0 aliphatic rings. The minimum absolute atomic E-state index is 0.637. The van der Waals surface area contributed by atoms with E-state index in [1.54, 1.807) is 0 Å². The molecule has 3 nitrogen and oxygen atoms in total. The van der Waals surface area contributed by atoms with Gasteiger partial charge in [-0.25, -0.2) is 0 Å². The average molecular weight is 512 g/mol. The molecule has 8 rings (SSSR count). The minimum Gasteiger partial charge on any atom is -0.456 e. The molecule has 6 aromatic carbocycles. The summed E-state index contributed by atoms with van der Waals surface area (Å²) in [4.78, 5) is 0. The third kappa shape index (κ3) is 3.44. The zero-order valence-corrected chi connectivity index (χ0v) is 21.4. The van der Waals surface area contributed by atoms with Crippen LogP contribution in [0.4, 0.5) is 0 Å². The smallest absolute Gasteiger partial charge is 0.136 e. The highest BCUT2D eigenvalue weighted by molar-refractivity contribution is 6.07. The summed E-state index contributed by atoms with van der Waals surface area (Å²) in [7, 11) is 0. The Balaban J connectivity index is 1.33. The third-order valence-electron chi connectivity index (χ3n) is 7.76. The second kappa shape index (κ2) is 8.73. The molecule has 0 saturated heterocycles. The molecular formula is C37H21NO2. The predicted octanol–water partition coefficient (Wildman–Crippen LogP) is 10.4. The van der Waals surface area contributed by atoms with Crippen molar-refractivity contribution < 1.29 is 8.83 Å². The van der Waals surface area contributed by atoms with Crippen molar-refractivity contribution in [2.24, 2.45) is 0 Å². The molecule has 2 aromatic heterocycles. The van der Waals surface area contributed by atoms with Crippen LogP contribution >= 0.6 is 0 Å². The Labute approximate surface area is 230 Å². The molecule has 0 fully saturated rings. The summed E-state index contributed by atoms with van der Waals surface area (Å²) in [6.45, 7) is 0. The van der Waals surface area contributed by atoms with Gasteiger partial charge < -0.3 is 8.83 Å². The fraction of sp³-hybridized carbons (Fsp3) is 0. The largest absolute Gasteiger partial charge is 0.456 e. The van der Waals surface area contributed by atoms with Crippen LogP contribution in [0.5, 0.6) is 0 Å². The zero-order chi connectivity index (χ0) is 26.6. The van der Waals surface area contributed by atoms with Crippen molar-refractivity contribution in [2.45, 2.75) is 0 Å². The average Bonchev–Trinajstić information content (AvgIpc) is 3.58. The van der Waals surface area contributed by atoms with Crippen molar-refractivity contribution in [2.75, 3.05) is 0 Å². The van der Waals surface area contributed by atoms with Gasteiger partial charge in [0.25, 0.3) is 0 Å². The van der Waals surface area contributed by atoms with Crippen molar-refractivity contribution in [1.29, 1.82) is 5.26 Å². The molecule has 186 valence electrons. The van der Waals surface area contributed by atoms with Crippen LogP contribution in [0.3, 0.4) is 0 Å². The number of nitrogens with zero attached hydrogens (tertiary/aromatic N) is 1. The number of para-hydroxylation sites is 2. The van der Waals surface area contributed by atoms with Crippen LogP contribution in [-0.4, -0.2) is 0 Å². The Morgan fingerprint density at radius 3 is 1.62 bits per heavy atom. The topological polar surface area (TPSA) is 50.1 Å². The molecule has 8 aromatic rings. The van der Waals surface area contributed by atoms with E-state index in [1.165, 1.54) is 0 Å². The lowest BCUT2D eigenvalue weighted by Gasteiger charge is -2.14. The SMILES string of the molecule is N#Cc1ccccc1-c1cc(-c2ccc3c(c2)oc2ccccc23)ccc1-c1ccc2c(c1)oc1ccccc12. The lowest BCUT2D eigenvalue weighted by molar-refractivity contribution is 0.668. The van der Waals surface area contributed by atoms with E-state index in [-0.39, 0.29) is 0 Å². The van der Waals surface area contributed by atoms with Gasteiger partial charge >= 0.3 is 0 Å². The summed E-state index contributed by atoms with van der Waals surface area (Å²) in [6, 6.07) is 45.6. The number of hydrogen-bond acceptors (Lipinski definition) is 3. The molecule has 40 heavy (non-hydrogen) atoms. The summed E-state index contributed by atoms with van der Waals surface area (Å²) in [5, 5.41) is 14.4. The van der Waals surface area contributed by atoms with Crippen molar-refractivity contribution in [3.63, 3.8) is 0 Å². The summed E-state index contributed by atoms with van der Waals surface area (Å²) >= 11 is 0. The van der Waals surface area contributed by atoms with Crippen LogP contribution in [0.1, 0.15) is 5.56 Å². The van der Waals surface area contributed by atoms with Gasteiger partial charge in [-0.2, -0.15) is 5.26 Å². The van der Waals surface area contributed by atoms with Gasteiger partial charge in [-0.15, -0.1) is 0 Å². The standard InChI is InChI=1S/C37H21NO2/c38-22-26-7-1-2-8-27(26)33-19-23(24-14-17-31-29-9-3-5-11-34(29)39-36(31)20-24)13-16-28(33)25-15-18-32-30-10-4-6-12-35(30)40-37(32)21-25/h1-21H. The van der Waals surface area contributed by atoms with E-state index in [1.807, 2.05) is 60.7 Å². The third-order valence-corrected chi connectivity index (χ3v) is 7.76. The highest BCUT2D eigenvalue weighted by atomic mass is 16.3. The molecule has 3 heteroatoms. The quantitative estimate of drug-likeness (QED) is 0.237. The Hall–Kier alpha value is -5.59. The maximum atomic E-state index is 9.96. The van der Waals surface area contributed by atoms with Crippen LogP contribution in [-0.2, 0) is 0 Å². The lowest BCUT2D eigenvalue weighted by Crippen LogP contribution is -1.90. The maximum Gasteiger partial charge on any atom is 0.136 e. The predicted molar refractivity (Wildman–Crippen MR) is 162 cm³/mol. The van der Waals surface area contributed by atoms with Crippen molar-refractivity contribution in [3.8, 4) is 39.4 Å². The molecule has 0 unspecified atom stereocenters. The maximum absolute atomic E-state index is 9.96. The van der Waals surface area contributed by atoms with Gasteiger partial charge in [-0.05, 0) is 76.3 Å². The molecule has 0 N–H and O–H groups in total. The number of rotatable bonds is 3. The number of benzene rings is 6. The molecule has 0 bridgehead atoms. The summed E-state index contributed by atoms with van der Waals surface area (Å²) in [5.41, 5.74) is 10.2. The summed E-state index contributed by atoms with van der Waals surface area (Å²) in [5.74, 6) is 0. The van der Waals surface area contributed by atoms with Crippen molar-refractivity contribution in [3.05, 3.63) is 133 Å². The molecule has 0 spiro atoms. The van der Waals surface area contributed by atoms with E-state index in [9.17, 15) is 5.26 Å². The Morgan fingerprint density at radius 1 is 0.400 bits per heavy atom. The van der Waals surface area contributed by atoms with E-state index in [0.29, 0.717) is 5.56 Å². The number of furan rings is 2. The molecule has 0 amide bonds. The van der Waals surface area contributed by atoms with E-state index in [0.717, 1.165) is 77.3 Å². The number of nitriles is 1. The van der Waals surface area contributed by atoms with Crippen LogP contribution in [0.15, 0.2) is 136 Å². The molecule has 0 atom stereocenters. The monoisotopic (exact) mass is 511 g/mol. The minimum atomic E-state index is 0.637. The van der Waals surface area contributed by atoms with Gasteiger partial charge in [0.1, 0.15) is 22.3 Å². The van der Waals surface area contributed by atoms with Crippen LogP contribution < -0.4 is 0 Å². The normalized spacial score (nSPS) is 11.5. The first kappa shape index (κ1) is 22.4. The first-order valence-electron chi connectivity index (χ1n) is 13.2. The molecular weight excluding hydrogens is 490 g/mol. The highest BCUT2D eigenvalue weighted by Crippen LogP contribution is 2.40. The molecule has 0 saturated carbocycles. The molecule has 0 radical (unpaired) electrons. The van der Waals surface area contributed by atoms with Gasteiger partial charge in [0.05, 0.1) is 11.6 Å². The van der Waals surface area contributed by atoms with E-state index in [2.05, 4.69) is 72.8 Å². The Morgan fingerprint density at radius 2 is 0.925 bits per heavy atom. The molecule has 0 aliphatic carbocycles. The van der Waals surface area contributed by atoms with E-state index >= 15 is 0 Å². The fourth-order valence-electron chi connectivity index (χ4n) is 5.81. The van der Waals surface area contributed by atoms with Crippen molar-refractivity contribution in [1.82, 2.24) is 0 Å². The summed E-state index contributed by atoms with van der Waals surface area (Å²) < 4.78 is 12.4. The highest BCUT2D eigenvalue weighted by Gasteiger charge is 2.16. The van der Waals surface area contributed by atoms with Gasteiger partial charge in [-0.1, -0.05) is 78.9 Å². The zero-order valence-electron chi connectivity index (χ0n) is 21.4. The van der Waals surface area contributed by atoms with Crippen LogP contribution in [0, 0.1) is 11.3 Å². The molecule has 0 aliphatic heterocycles. The number of hydrogen-bond donors (Lipinski definition) is 0. The summed E-state index contributed by atoms with van der Waals surface area (Å²) in [6.07, 6.45) is 0. The fourth-order valence-corrected chi connectivity index (χ4v) is 5.81. The van der Waals surface area contributed by atoms with Gasteiger partial charge in [0.2, 0.25) is 0 Å². The van der Waals surface area contributed by atoms with Gasteiger partial charge in [0, 0.05) is 27.1 Å². The first-order chi connectivity index (χ1) is 19.8. The van der Waals surface area contributed by atoms with Gasteiger partial charge in [0.15, 0.2) is 0 Å². The second-order valence-electron chi connectivity index (χ2n) is 10.0. The second-order valence-corrected chi connectivity index (χ2v) is 10.0. The van der Waals surface area contributed by atoms with Crippen molar-refractivity contribution >= 4 is 43.9 Å². The number of fused-ring (bicyclic) bond motifs is 6. The molecule has 2 heterocycles. The Bertz CT molecular complexity index is 2290. The van der Waals surface area contributed by atoms with Crippen LogP contribution in [0.2, 0.25) is 0 Å². The van der Waals surface area contributed by atoms with Crippen LogP contribution in [0.25, 0.3) is 77.3 Å². The Kier molecular flexibility index (Phi) is 4.89.